The number of furan rings is 1. The summed E-state index contributed by atoms with van der Waals surface area (Å²) >= 11 is 1.44. The molecule has 2 heterocycles. The third-order valence-corrected chi connectivity index (χ3v) is 4.59. The van der Waals surface area contributed by atoms with Crippen molar-refractivity contribution in [3.05, 3.63) is 46.5 Å². The van der Waals surface area contributed by atoms with Crippen LogP contribution in [-0.4, -0.2) is 17.6 Å². The second kappa shape index (κ2) is 5.42. The summed E-state index contributed by atoms with van der Waals surface area (Å²) in [6, 6.07) is 7.19. The molecule has 1 saturated carbocycles. The zero-order valence-electron chi connectivity index (χ0n) is 11.0. The largest absolute Gasteiger partial charge is 0.466 e. The lowest BCUT2D eigenvalue weighted by Crippen LogP contribution is -2.41. The molecule has 0 bridgehead atoms. The molecular weight excluding hydrogens is 274 g/mol. The Morgan fingerprint density at radius 2 is 2.30 bits per heavy atom. The highest BCUT2D eigenvalue weighted by atomic mass is 32.1. The van der Waals surface area contributed by atoms with Gasteiger partial charge < -0.3 is 14.8 Å². The quantitative estimate of drug-likeness (QED) is 0.859. The number of nitrogens with one attached hydrogen (secondary N) is 1. The number of carbonyl (C=O) groups excluding carboxylic acids is 1. The fraction of sp³-hybridized carbons (Fsp3) is 0.400. The van der Waals surface area contributed by atoms with Gasteiger partial charge in [-0.1, -0.05) is 6.07 Å². The molecule has 1 amide bonds. The molecule has 4 nitrogen and oxygen atoms in total. The van der Waals surface area contributed by atoms with Gasteiger partial charge in [0.05, 0.1) is 12.8 Å². The maximum absolute atomic E-state index is 11.8. The van der Waals surface area contributed by atoms with Crippen molar-refractivity contribution in [1.29, 1.82) is 0 Å². The molecule has 1 aliphatic carbocycles. The molecule has 3 rings (SSSR count). The molecule has 0 radical (unpaired) electrons. The summed E-state index contributed by atoms with van der Waals surface area (Å²) in [7, 11) is 0. The molecule has 1 fully saturated rings. The summed E-state index contributed by atoms with van der Waals surface area (Å²) in [5.41, 5.74) is -1.29. The molecule has 2 aromatic rings. The Balaban J connectivity index is 1.74. The molecule has 0 aliphatic heterocycles. The second-order valence-electron chi connectivity index (χ2n) is 5.24. The second-order valence-corrected chi connectivity index (χ2v) is 6.19. The third kappa shape index (κ3) is 2.78. The lowest BCUT2D eigenvalue weighted by atomic mass is 9.98. The highest BCUT2D eigenvalue weighted by Crippen LogP contribution is 2.34. The van der Waals surface area contributed by atoms with Crippen LogP contribution in [0, 0.1) is 5.92 Å². The van der Waals surface area contributed by atoms with E-state index >= 15 is 0 Å². The summed E-state index contributed by atoms with van der Waals surface area (Å²) in [5.74, 6) is 0.981. The normalized spacial score (nSPS) is 17.6. The summed E-state index contributed by atoms with van der Waals surface area (Å²) < 4.78 is 5.35. The minimum atomic E-state index is -1.29. The van der Waals surface area contributed by atoms with Crippen molar-refractivity contribution < 1.29 is 14.3 Å². The van der Waals surface area contributed by atoms with Crippen molar-refractivity contribution in [3.63, 3.8) is 0 Å². The van der Waals surface area contributed by atoms with Gasteiger partial charge in [0.15, 0.2) is 5.60 Å². The van der Waals surface area contributed by atoms with Gasteiger partial charge in [0.2, 0.25) is 5.91 Å². The molecule has 0 unspecified atom stereocenters. The van der Waals surface area contributed by atoms with Crippen molar-refractivity contribution in [2.75, 3.05) is 6.54 Å². The van der Waals surface area contributed by atoms with Gasteiger partial charge in [0.25, 0.3) is 0 Å². The summed E-state index contributed by atoms with van der Waals surface area (Å²) in [6.07, 6.45) is 4.36. The number of carbonyl (C=O) groups is 1. The van der Waals surface area contributed by atoms with Crippen LogP contribution in [0.1, 0.15) is 29.9 Å². The molecule has 0 saturated heterocycles. The van der Waals surface area contributed by atoms with Crippen molar-refractivity contribution in [1.82, 2.24) is 5.32 Å². The third-order valence-electron chi connectivity index (χ3n) is 3.57. The van der Waals surface area contributed by atoms with Crippen molar-refractivity contribution in [2.45, 2.75) is 24.9 Å². The van der Waals surface area contributed by atoms with Gasteiger partial charge in [-0.3, -0.25) is 4.79 Å². The molecule has 1 aliphatic rings. The first-order valence-electron chi connectivity index (χ1n) is 6.75. The van der Waals surface area contributed by atoms with Crippen LogP contribution in [0.25, 0.3) is 0 Å². The molecule has 2 aromatic heterocycles. The standard InChI is InChI=1S/C15H17NO3S/c17-14(9-11-5-6-11)16-10-15(18,12-3-1-7-19-12)13-4-2-8-20-13/h1-4,7-8,11,18H,5-6,9-10H2,(H,16,17)/t15-/m0/s1. The van der Waals surface area contributed by atoms with Gasteiger partial charge in [-0.05, 0) is 42.3 Å². The van der Waals surface area contributed by atoms with Crippen molar-refractivity contribution in [3.8, 4) is 0 Å². The molecule has 20 heavy (non-hydrogen) atoms. The molecule has 106 valence electrons. The number of hydrogen-bond donors (Lipinski definition) is 2. The van der Waals surface area contributed by atoms with E-state index in [0.29, 0.717) is 18.1 Å². The molecule has 1 atom stereocenters. The predicted octanol–water partition coefficient (Wildman–Crippen LogP) is 2.49. The van der Waals surface area contributed by atoms with E-state index in [1.165, 1.54) is 17.6 Å². The number of rotatable bonds is 6. The smallest absolute Gasteiger partial charge is 0.220 e. The maximum atomic E-state index is 11.8. The Labute approximate surface area is 121 Å². The molecule has 2 N–H and O–H groups in total. The van der Waals surface area contributed by atoms with Crippen LogP contribution >= 0.6 is 11.3 Å². The zero-order chi connectivity index (χ0) is 14.0. The average Bonchev–Trinajstić information content (AvgIpc) is 2.95. The Hall–Kier alpha value is -1.59. The summed E-state index contributed by atoms with van der Waals surface area (Å²) in [4.78, 5) is 12.6. The number of amides is 1. The fourth-order valence-electron chi connectivity index (χ4n) is 2.21. The minimum Gasteiger partial charge on any atom is -0.466 e. The summed E-state index contributed by atoms with van der Waals surface area (Å²) in [6.45, 7) is 0.132. The van der Waals surface area contributed by atoms with Crippen LogP contribution in [0.15, 0.2) is 40.3 Å². The van der Waals surface area contributed by atoms with Crippen LogP contribution in [-0.2, 0) is 10.4 Å². The Morgan fingerprint density at radius 3 is 2.90 bits per heavy atom. The lowest BCUT2D eigenvalue weighted by molar-refractivity contribution is -0.122. The van der Waals surface area contributed by atoms with Crippen LogP contribution in [0.4, 0.5) is 0 Å². The Bertz CT molecular complexity index is 524. The highest BCUT2D eigenvalue weighted by molar-refractivity contribution is 7.10. The van der Waals surface area contributed by atoms with E-state index in [4.69, 9.17) is 4.42 Å². The van der Waals surface area contributed by atoms with Crippen LogP contribution < -0.4 is 5.32 Å². The van der Waals surface area contributed by atoms with E-state index in [1.807, 2.05) is 17.5 Å². The number of aliphatic hydroxyl groups is 1. The minimum absolute atomic E-state index is 0.00552. The first-order chi connectivity index (χ1) is 9.68. The maximum Gasteiger partial charge on any atom is 0.220 e. The molecule has 5 heteroatoms. The van der Waals surface area contributed by atoms with E-state index in [0.717, 1.165) is 17.7 Å². The zero-order valence-corrected chi connectivity index (χ0v) is 11.9. The fourth-order valence-corrected chi connectivity index (χ4v) is 3.03. The van der Waals surface area contributed by atoms with E-state index in [2.05, 4.69) is 5.32 Å². The van der Waals surface area contributed by atoms with Crippen molar-refractivity contribution >= 4 is 17.2 Å². The Morgan fingerprint density at radius 1 is 1.45 bits per heavy atom. The average molecular weight is 291 g/mol. The molecule has 0 aromatic carbocycles. The monoisotopic (exact) mass is 291 g/mol. The van der Waals surface area contributed by atoms with Crippen molar-refractivity contribution in [2.24, 2.45) is 5.92 Å². The van der Waals surface area contributed by atoms with E-state index < -0.39 is 5.60 Å². The SMILES string of the molecule is O=C(CC1CC1)NC[C@](O)(c1ccco1)c1cccs1. The van der Waals surface area contributed by atoms with Gasteiger partial charge in [0, 0.05) is 11.3 Å². The predicted molar refractivity (Wildman–Crippen MR) is 76.4 cm³/mol. The number of hydrogen-bond acceptors (Lipinski definition) is 4. The number of thiophene rings is 1. The van der Waals surface area contributed by atoms with Gasteiger partial charge >= 0.3 is 0 Å². The Kier molecular flexibility index (Phi) is 3.63. The van der Waals surface area contributed by atoms with E-state index in [9.17, 15) is 9.90 Å². The highest BCUT2D eigenvalue weighted by Gasteiger charge is 2.36. The first-order valence-corrected chi connectivity index (χ1v) is 7.63. The molecule has 0 spiro atoms. The van der Waals surface area contributed by atoms with E-state index in [1.54, 1.807) is 12.1 Å². The topological polar surface area (TPSA) is 62.5 Å². The van der Waals surface area contributed by atoms with Crippen LogP contribution in [0.3, 0.4) is 0 Å². The van der Waals surface area contributed by atoms with Crippen LogP contribution in [0.2, 0.25) is 0 Å². The molecular formula is C15H17NO3S. The van der Waals surface area contributed by atoms with E-state index in [-0.39, 0.29) is 12.5 Å². The van der Waals surface area contributed by atoms with Crippen LogP contribution in [0.5, 0.6) is 0 Å². The van der Waals surface area contributed by atoms with Gasteiger partial charge in [-0.2, -0.15) is 0 Å². The summed E-state index contributed by atoms with van der Waals surface area (Å²) in [5, 5.41) is 15.7. The lowest BCUT2D eigenvalue weighted by Gasteiger charge is -2.25. The van der Waals surface area contributed by atoms with Gasteiger partial charge in [0.1, 0.15) is 5.76 Å². The van der Waals surface area contributed by atoms with Gasteiger partial charge in [-0.25, -0.2) is 0 Å². The first kappa shape index (κ1) is 13.4. The van der Waals surface area contributed by atoms with Gasteiger partial charge in [-0.15, -0.1) is 11.3 Å².